The van der Waals surface area contributed by atoms with Gasteiger partial charge in [0.2, 0.25) is 0 Å². The van der Waals surface area contributed by atoms with Gasteiger partial charge in [-0.15, -0.1) is 0 Å². The molecular formula is C13H16BrNO4. The van der Waals surface area contributed by atoms with Gasteiger partial charge in [-0.2, -0.15) is 0 Å². The molecule has 0 amide bonds. The van der Waals surface area contributed by atoms with Crippen molar-refractivity contribution in [3.8, 4) is 0 Å². The standard InChI is InChI=1S/C13H16BrNO4/c1-3-4-9(2)8-19-13(16)11-7-10(15(17)18)5-6-12(11)14/h5-7,9H,3-4,8H2,1-2H3. The van der Waals surface area contributed by atoms with Crippen LogP contribution in [0.3, 0.4) is 0 Å². The summed E-state index contributed by atoms with van der Waals surface area (Å²) in [5.74, 6) is -0.259. The van der Waals surface area contributed by atoms with E-state index < -0.39 is 10.9 Å². The first-order valence-corrected chi connectivity index (χ1v) is 6.86. The molecule has 1 aromatic carbocycles. The molecular weight excluding hydrogens is 314 g/mol. The number of non-ortho nitro benzene ring substituents is 1. The van der Waals surface area contributed by atoms with Crippen molar-refractivity contribution in [3.05, 3.63) is 38.3 Å². The molecule has 104 valence electrons. The predicted octanol–water partition coefficient (Wildman–Crippen LogP) is 3.95. The smallest absolute Gasteiger partial charge is 0.339 e. The number of esters is 1. The average molecular weight is 330 g/mol. The highest BCUT2D eigenvalue weighted by molar-refractivity contribution is 9.10. The Kier molecular flexibility index (Phi) is 5.95. The van der Waals surface area contributed by atoms with Crippen molar-refractivity contribution in [2.24, 2.45) is 5.92 Å². The minimum atomic E-state index is -0.543. The molecule has 0 spiro atoms. The Balaban J connectivity index is 2.76. The first kappa shape index (κ1) is 15.6. The molecule has 0 aliphatic rings. The van der Waals surface area contributed by atoms with E-state index in [-0.39, 0.29) is 17.2 Å². The summed E-state index contributed by atoms with van der Waals surface area (Å²) in [7, 11) is 0. The Hall–Kier alpha value is -1.43. The van der Waals surface area contributed by atoms with E-state index in [1.54, 1.807) is 0 Å². The average Bonchev–Trinajstić information content (AvgIpc) is 2.36. The van der Waals surface area contributed by atoms with E-state index in [0.717, 1.165) is 12.8 Å². The van der Waals surface area contributed by atoms with Crippen LogP contribution in [0.2, 0.25) is 0 Å². The molecule has 0 heterocycles. The molecule has 1 unspecified atom stereocenters. The number of nitrogens with zero attached hydrogens (tertiary/aromatic N) is 1. The van der Waals surface area contributed by atoms with E-state index in [1.165, 1.54) is 18.2 Å². The van der Waals surface area contributed by atoms with E-state index >= 15 is 0 Å². The van der Waals surface area contributed by atoms with E-state index in [0.29, 0.717) is 11.1 Å². The van der Waals surface area contributed by atoms with Crippen LogP contribution in [0.4, 0.5) is 5.69 Å². The van der Waals surface area contributed by atoms with Gasteiger partial charge in [0.25, 0.3) is 5.69 Å². The largest absolute Gasteiger partial charge is 0.462 e. The number of rotatable bonds is 6. The fraction of sp³-hybridized carbons (Fsp3) is 0.462. The van der Waals surface area contributed by atoms with E-state index in [4.69, 9.17) is 4.74 Å². The van der Waals surface area contributed by atoms with Crippen molar-refractivity contribution < 1.29 is 14.5 Å². The summed E-state index contributed by atoms with van der Waals surface area (Å²) >= 11 is 3.19. The summed E-state index contributed by atoms with van der Waals surface area (Å²) in [5, 5.41) is 10.7. The summed E-state index contributed by atoms with van der Waals surface area (Å²) < 4.78 is 5.66. The molecule has 0 radical (unpaired) electrons. The van der Waals surface area contributed by atoms with Crippen molar-refractivity contribution in [1.29, 1.82) is 0 Å². The maximum atomic E-state index is 11.9. The van der Waals surface area contributed by atoms with Crippen LogP contribution in [-0.4, -0.2) is 17.5 Å². The monoisotopic (exact) mass is 329 g/mol. The lowest BCUT2D eigenvalue weighted by molar-refractivity contribution is -0.384. The number of hydrogen-bond acceptors (Lipinski definition) is 4. The number of benzene rings is 1. The maximum Gasteiger partial charge on any atom is 0.339 e. The van der Waals surface area contributed by atoms with Crippen LogP contribution < -0.4 is 0 Å². The number of carbonyl (C=O) groups is 1. The first-order valence-electron chi connectivity index (χ1n) is 6.06. The fourth-order valence-corrected chi connectivity index (χ4v) is 2.06. The molecule has 5 nitrogen and oxygen atoms in total. The molecule has 6 heteroatoms. The Labute approximate surface area is 120 Å². The van der Waals surface area contributed by atoms with Gasteiger partial charge in [-0.3, -0.25) is 10.1 Å². The zero-order valence-corrected chi connectivity index (χ0v) is 12.5. The summed E-state index contributed by atoms with van der Waals surface area (Å²) in [4.78, 5) is 22.0. The Morgan fingerprint density at radius 1 is 1.53 bits per heavy atom. The van der Waals surface area contributed by atoms with Gasteiger partial charge in [-0.1, -0.05) is 20.3 Å². The molecule has 0 N–H and O–H groups in total. The lowest BCUT2D eigenvalue weighted by Crippen LogP contribution is -2.12. The molecule has 0 aliphatic carbocycles. The highest BCUT2D eigenvalue weighted by Gasteiger charge is 2.17. The molecule has 0 saturated heterocycles. The van der Waals surface area contributed by atoms with Gasteiger partial charge in [-0.05, 0) is 34.3 Å². The van der Waals surface area contributed by atoms with Gasteiger partial charge in [0.1, 0.15) is 0 Å². The molecule has 0 fully saturated rings. The van der Waals surface area contributed by atoms with Gasteiger partial charge >= 0.3 is 5.97 Å². The van der Waals surface area contributed by atoms with Crippen molar-refractivity contribution in [2.75, 3.05) is 6.61 Å². The number of ether oxygens (including phenoxy) is 1. The normalized spacial score (nSPS) is 11.9. The number of hydrogen-bond donors (Lipinski definition) is 0. The first-order chi connectivity index (χ1) is 8.95. The van der Waals surface area contributed by atoms with Crippen LogP contribution in [0.25, 0.3) is 0 Å². The van der Waals surface area contributed by atoms with Crippen LogP contribution in [0.1, 0.15) is 37.0 Å². The number of carbonyl (C=O) groups excluding carboxylic acids is 1. The summed E-state index contributed by atoms with van der Waals surface area (Å²) in [6.07, 6.45) is 2.00. The zero-order chi connectivity index (χ0) is 14.4. The third kappa shape index (κ3) is 4.63. The topological polar surface area (TPSA) is 69.4 Å². The molecule has 1 aromatic rings. The summed E-state index contributed by atoms with van der Waals surface area (Å²) in [6.45, 7) is 4.39. The third-order valence-electron chi connectivity index (χ3n) is 2.66. The van der Waals surface area contributed by atoms with Crippen molar-refractivity contribution >= 4 is 27.6 Å². The van der Waals surface area contributed by atoms with Gasteiger partial charge in [0.15, 0.2) is 0 Å². The minimum absolute atomic E-state index is 0.128. The lowest BCUT2D eigenvalue weighted by atomic mass is 10.1. The van der Waals surface area contributed by atoms with Crippen LogP contribution in [0.5, 0.6) is 0 Å². The molecule has 1 atom stereocenters. The molecule has 0 aliphatic heterocycles. The Morgan fingerprint density at radius 3 is 2.79 bits per heavy atom. The number of halogens is 1. The molecule has 19 heavy (non-hydrogen) atoms. The number of nitro benzene ring substituents is 1. The lowest BCUT2D eigenvalue weighted by Gasteiger charge is -2.11. The Morgan fingerprint density at radius 2 is 2.21 bits per heavy atom. The van der Waals surface area contributed by atoms with Gasteiger partial charge in [0, 0.05) is 16.6 Å². The summed E-state index contributed by atoms with van der Waals surface area (Å²) in [6, 6.07) is 4.03. The van der Waals surface area contributed by atoms with Gasteiger partial charge in [-0.25, -0.2) is 4.79 Å². The van der Waals surface area contributed by atoms with Gasteiger partial charge in [0.05, 0.1) is 17.1 Å². The molecule has 0 bridgehead atoms. The van der Waals surface area contributed by atoms with Crippen molar-refractivity contribution in [2.45, 2.75) is 26.7 Å². The second kappa shape index (κ2) is 7.23. The zero-order valence-electron chi connectivity index (χ0n) is 10.9. The quantitative estimate of drug-likeness (QED) is 0.450. The highest BCUT2D eigenvalue weighted by Crippen LogP contribution is 2.23. The minimum Gasteiger partial charge on any atom is -0.462 e. The summed E-state index contributed by atoms with van der Waals surface area (Å²) in [5.41, 5.74) is 0.0506. The molecule has 0 aromatic heterocycles. The second-order valence-corrected chi connectivity index (χ2v) is 5.27. The molecule has 0 saturated carbocycles. The molecule has 1 rings (SSSR count). The SMILES string of the molecule is CCCC(C)COC(=O)c1cc([N+](=O)[O-])ccc1Br. The van der Waals surface area contributed by atoms with Crippen LogP contribution in [0, 0.1) is 16.0 Å². The van der Waals surface area contributed by atoms with E-state index in [2.05, 4.69) is 22.9 Å². The Bertz CT molecular complexity index is 476. The highest BCUT2D eigenvalue weighted by atomic mass is 79.9. The van der Waals surface area contributed by atoms with Gasteiger partial charge < -0.3 is 4.74 Å². The van der Waals surface area contributed by atoms with Crippen LogP contribution >= 0.6 is 15.9 Å². The third-order valence-corrected chi connectivity index (χ3v) is 3.35. The van der Waals surface area contributed by atoms with Crippen molar-refractivity contribution in [1.82, 2.24) is 0 Å². The van der Waals surface area contributed by atoms with E-state index in [1.807, 2.05) is 6.92 Å². The number of nitro groups is 1. The predicted molar refractivity (Wildman–Crippen MR) is 75.2 cm³/mol. The van der Waals surface area contributed by atoms with Crippen molar-refractivity contribution in [3.63, 3.8) is 0 Å². The second-order valence-electron chi connectivity index (χ2n) is 4.41. The maximum absolute atomic E-state index is 11.9. The van der Waals surface area contributed by atoms with E-state index in [9.17, 15) is 14.9 Å². The van der Waals surface area contributed by atoms with Crippen LogP contribution in [-0.2, 0) is 4.74 Å². The van der Waals surface area contributed by atoms with Crippen LogP contribution in [0.15, 0.2) is 22.7 Å². The fourth-order valence-electron chi connectivity index (χ4n) is 1.66.